The zero-order valence-electron chi connectivity index (χ0n) is 13.3. The average molecular weight is 291 g/mol. The van der Waals surface area contributed by atoms with Gasteiger partial charge in [0.05, 0.1) is 18.2 Å². The Hall–Kier alpha value is -0.610. The molecule has 4 fully saturated rings. The molecule has 0 aromatic carbocycles. The zero-order valence-corrected chi connectivity index (χ0v) is 13.3. The summed E-state index contributed by atoms with van der Waals surface area (Å²) >= 11 is 0. The van der Waals surface area contributed by atoms with Crippen LogP contribution in [0.2, 0.25) is 0 Å². The fourth-order valence-corrected chi connectivity index (χ4v) is 5.35. The molecule has 4 nitrogen and oxygen atoms in total. The summed E-state index contributed by atoms with van der Waals surface area (Å²) in [6, 6.07) is 1.20. The Balaban J connectivity index is 1.58. The topological polar surface area (TPSA) is 35.6 Å². The van der Waals surface area contributed by atoms with Gasteiger partial charge in [0.15, 0.2) is 0 Å². The van der Waals surface area contributed by atoms with Crippen LogP contribution in [0.5, 0.6) is 0 Å². The largest absolute Gasteiger partial charge is 0.321 e. The first kappa shape index (κ1) is 14.0. The van der Waals surface area contributed by atoms with Crippen LogP contribution in [-0.2, 0) is 4.79 Å². The minimum absolute atomic E-state index is 0.0750. The van der Waals surface area contributed by atoms with Crippen LogP contribution in [0.15, 0.2) is 0 Å². The molecule has 0 radical (unpaired) electrons. The van der Waals surface area contributed by atoms with Crippen molar-refractivity contribution < 1.29 is 4.79 Å². The Kier molecular flexibility index (Phi) is 3.70. The summed E-state index contributed by atoms with van der Waals surface area (Å²) in [5.41, 5.74) is 0. The lowest BCUT2D eigenvalue weighted by Crippen LogP contribution is -2.51. The van der Waals surface area contributed by atoms with E-state index in [1.807, 2.05) is 0 Å². The van der Waals surface area contributed by atoms with Gasteiger partial charge in [0, 0.05) is 12.6 Å². The Morgan fingerprint density at radius 3 is 2.62 bits per heavy atom. The lowest BCUT2D eigenvalue weighted by atomic mass is 9.99. The molecule has 1 aliphatic carbocycles. The normalized spacial score (nSPS) is 41.4. The second-order valence-electron chi connectivity index (χ2n) is 7.46. The zero-order chi connectivity index (χ0) is 14.4. The Bertz CT molecular complexity index is 407. The summed E-state index contributed by atoms with van der Waals surface area (Å²) in [6.07, 6.45) is 10.4. The first-order valence-electron chi connectivity index (χ1n) is 9.12. The van der Waals surface area contributed by atoms with Gasteiger partial charge in [-0.2, -0.15) is 0 Å². The highest BCUT2D eigenvalue weighted by Gasteiger charge is 2.50. The van der Waals surface area contributed by atoms with Crippen LogP contribution in [-0.4, -0.2) is 53.1 Å². The van der Waals surface area contributed by atoms with E-state index in [2.05, 4.69) is 22.0 Å². The number of nitrogens with one attached hydrogen (secondary N) is 1. The predicted octanol–water partition coefficient (Wildman–Crippen LogP) is 1.95. The molecule has 1 amide bonds. The number of hydrogen-bond donors (Lipinski definition) is 1. The highest BCUT2D eigenvalue weighted by atomic mass is 16.2. The van der Waals surface area contributed by atoms with Crippen molar-refractivity contribution in [2.75, 3.05) is 13.1 Å². The summed E-state index contributed by atoms with van der Waals surface area (Å²) in [6.45, 7) is 4.59. The molecule has 118 valence electrons. The Morgan fingerprint density at radius 2 is 1.86 bits per heavy atom. The van der Waals surface area contributed by atoms with Gasteiger partial charge < -0.3 is 4.90 Å². The fraction of sp³-hybridized carbons (Fsp3) is 0.941. The predicted molar refractivity (Wildman–Crippen MR) is 82.8 cm³/mol. The molecule has 21 heavy (non-hydrogen) atoms. The number of fused-ring (bicyclic) bond motifs is 1. The Morgan fingerprint density at radius 1 is 1.05 bits per heavy atom. The van der Waals surface area contributed by atoms with E-state index in [1.165, 1.54) is 58.0 Å². The smallest absolute Gasteiger partial charge is 0.241 e. The third kappa shape index (κ3) is 2.22. The second kappa shape index (κ2) is 5.54. The highest BCUT2D eigenvalue weighted by molar-refractivity contribution is 5.84. The summed E-state index contributed by atoms with van der Waals surface area (Å²) in [5, 5.41) is 3.70. The number of nitrogens with zero attached hydrogens (tertiary/aromatic N) is 2. The summed E-state index contributed by atoms with van der Waals surface area (Å²) < 4.78 is 0. The maximum Gasteiger partial charge on any atom is 0.241 e. The molecule has 0 spiro atoms. The van der Waals surface area contributed by atoms with Crippen molar-refractivity contribution in [3.8, 4) is 0 Å². The van der Waals surface area contributed by atoms with Crippen LogP contribution in [0.3, 0.4) is 0 Å². The molecule has 1 N–H and O–H groups in total. The monoisotopic (exact) mass is 291 g/mol. The molecule has 4 atom stereocenters. The van der Waals surface area contributed by atoms with E-state index in [0.717, 1.165) is 6.42 Å². The standard InChI is InChI=1S/C17H29N3O/c1-2-13-17(21)20(16(18-13)12-6-3-4-7-12)15-9-11-19-10-5-8-14(15)19/h12-16,18H,2-11H2,1H3. The SMILES string of the molecule is CCC1NC(C2CCCC2)N(C2CCN3CCCC23)C1=O. The quantitative estimate of drug-likeness (QED) is 0.863. The maximum atomic E-state index is 12.9. The number of hydrogen-bond acceptors (Lipinski definition) is 3. The molecule has 3 aliphatic heterocycles. The van der Waals surface area contributed by atoms with Crippen molar-refractivity contribution in [2.24, 2.45) is 5.92 Å². The van der Waals surface area contributed by atoms with Gasteiger partial charge in [0.2, 0.25) is 5.91 Å². The van der Waals surface area contributed by atoms with E-state index in [4.69, 9.17) is 0 Å². The third-order valence-corrected chi connectivity index (χ3v) is 6.41. The lowest BCUT2D eigenvalue weighted by molar-refractivity contribution is -0.133. The third-order valence-electron chi connectivity index (χ3n) is 6.41. The van der Waals surface area contributed by atoms with Crippen LogP contribution in [0.1, 0.15) is 58.3 Å². The van der Waals surface area contributed by atoms with Gasteiger partial charge in [-0.25, -0.2) is 0 Å². The van der Waals surface area contributed by atoms with Crippen molar-refractivity contribution in [1.29, 1.82) is 0 Å². The van der Waals surface area contributed by atoms with Crippen LogP contribution in [0.25, 0.3) is 0 Å². The molecule has 1 saturated carbocycles. The molecule has 4 rings (SSSR count). The van der Waals surface area contributed by atoms with E-state index in [0.29, 0.717) is 30.1 Å². The second-order valence-corrected chi connectivity index (χ2v) is 7.46. The van der Waals surface area contributed by atoms with Crippen molar-refractivity contribution in [3.63, 3.8) is 0 Å². The summed E-state index contributed by atoms with van der Waals surface area (Å²) in [7, 11) is 0. The molecule has 3 saturated heterocycles. The maximum absolute atomic E-state index is 12.9. The summed E-state index contributed by atoms with van der Waals surface area (Å²) in [4.78, 5) is 17.9. The minimum atomic E-state index is 0.0750. The average Bonchev–Trinajstić information content (AvgIpc) is 3.22. The molecule has 4 unspecified atom stereocenters. The number of carbonyl (C=O) groups is 1. The lowest BCUT2D eigenvalue weighted by Gasteiger charge is -2.36. The van der Waals surface area contributed by atoms with Gasteiger partial charge in [-0.05, 0) is 51.0 Å². The van der Waals surface area contributed by atoms with Crippen molar-refractivity contribution >= 4 is 5.91 Å². The number of carbonyl (C=O) groups excluding carboxylic acids is 1. The van der Waals surface area contributed by atoms with E-state index >= 15 is 0 Å². The van der Waals surface area contributed by atoms with Crippen molar-refractivity contribution in [3.05, 3.63) is 0 Å². The van der Waals surface area contributed by atoms with E-state index in [1.54, 1.807) is 0 Å². The molecule has 0 bridgehead atoms. The minimum Gasteiger partial charge on any atom is -0.321 e. The first-order chi connectivity index (χ1) is 10.3. The molecule has 0 aromatic heterocycles. The van der Waals surface area contributed by atoms with Crippen molar-refractivity contribution in [1.82, 2.24) is 15.1 Å². The molecular formula is C17H29N3O. The van der Waals surface area contributed by atoms with Crippen LogP contribution < -0.4 is 5.32 Å². The van der Waals surface area contributed by atoms with Crippen LogP contribution >= 0.6 is 0 Å². The van der Waals surface area contributed by atoms with E-state index in [9.17, 15) is 4.79 Å². The van der Waals surface area contributed by atoms with E-state index in [-0.39, 0.29) is 6.04 Å². The molecule has 4 heteroatoms. The van der Waals surface area contributed by atoms with Gasteiger partial charge in [-0.3, -0.25) is 15.0 Å². The highest BCUT2D eigenvalue weighted by Crippen LogP contribution is 2.38. The van der Waals surface area contributed by atoms with Gasteiger partial charge in [0.25, 0.3) is 0 Å². The van der Waals surface area contributed by atoms with Crippen molar-refractivity contribution in [2.45, 2.75) is 82.6 Å². The molecule has 0 aromatic rings. The molecule has 4 aliphatic rings. The van der Waals surface area contributed by atoms with Gasteiger partial charge in [-0.1, -0.05) is 19.8 Å². The number of amides is 1. The molecular weight excluding hydrogens is 262 g/mol. The van der Waals surface area contributed by atoms with Gasteiger partial charge in [-0.15, -0.1) is 0 Å². The fourth-order valence-electron chi connectivity index (χ4n) is 5.35. The van der Waals surface area contributed by atoms with Crippen LogP contribution in [0, 0.1) is 5.92 Å². The van der Waals surface area contributed by atoms with Gasteiger partial charge >= 0.3 is 0 Å². The Labute approximate surface area is 128 Å². The number of rotatable bonds is 3. The molecule has 3 heterocycles. The van der Waals surface area contributed by atoms with Crippen LogP contribution in [0.4, 0.5) is 0 Å². The van der Waals surface area contributed by atoms with Gasteiger partial charge in [0.1, 0.15) is 0 Å². The summed E-state index contributed by atoms with van der Waals surface area (Å²) in [5.74, 6) is 1.09. The first-order valence-corrected chi connectivity index (χ1v) is 9.12. The van der Waals surface area contributed by atoms with E-state index < -0.39 is 0 Å².